The number of rotatable bonds is 8. The highest BCUT2D eigenvalue weighted by Gasteiger charge is 2.40. The van der Waals surface area contributed by atoms with Gasteiger partial charge in [-0.25, -0.2) is 0 Å². The quantitative estimate of drug-likeness (QED) is 0.661. The van der Waals surface area contributed by atoms with Crippen molar-refractivity contribution in [3.63, 3.8) is 0 Å². The number of hydrogen-bond donors (Lipinski definition) is 1. The summed E-state index contributed by atoms with van der Waals surface area (Å²) in [4.78, 5) is 0. The highest BCUT2D eigenvalue weighted by atomic mass is 16.7. The van der Waals surface area contributed by atoms with Crippen molar-refractivity contribution in [2.24, 2.45) is 0 Å². The van der Waals surface area contributed by atoms with E-state index in [2.05, 4.69) is 24.3 Å². The van der Waals surface area contributed by atoms with Gasteiger partial charge in [0.1, 0.15) is 6.10 Å². The van der Waals surface area contributed by atoms with Gasteiger partial charge >= 0.3 is 0 Å². The summed E-state index contributed by atoms with van der Waals surface area (Å²) in [5.74, 6) is 0. The van der Waals surface area contributed by atoms with E-state index < -0.39 is 12.6 Å². The Morgan fingerprint density at radius 1 is 0.781 bits per heavy atom. The molecular formula is C26H34O6. The van der Waals surface area contributed by atoms with Crippen molar-refractivity contribution >= 4 is 0 Å². The second-order valence-electron chi connectivity index (χ2n) is 8.65. The highest BCUT2D eigenvalue weighted by Crippen LogP contribution is 2.30. The van der Waals surface area contributed by atoms with Gasteiger partial charge in [0.15, 0.2) is 12.6 Å². The van der Waals surface area contributed by atoms with Crippen molar-refractivity contribution in [2.45, 2.75) is 89.4 Å². The standard InChI is InChI=1S/C26H34O6/c1-18-22(13-14-24(27)30-18)32-25-15-23(28-16-20-9-5-3-6-10-20)26(19(2)31-25)29-17-21-11-7-4-8-12-21/h3-12,18-19,22-27H,13-17H2,1-2H3/t18-,19-,22+,23-,24?,25+,26-/m0/s1. The molecule has 1 N–H and O–H groups in total. The van der Waals surface area contributed by atoms with Gasteiger partial charge in [0.05, 0.1) is 37.6 Å². The third-order valence-electron chi connectivity index (χ3n) is 6.13. The van der Waals surface area contributed by atoms with Crippen LogP contribution >= 0.6 is 0 Å². The molecule has 4 rings (SSSR count). The Morgan fingerprint density at radius 2 is 1.41 bits per heavy atom. The lowest BCUT2D eigenvalue weighted by Gasteiger charge is -2.42. The van der Waals surface area contributed by atoms with E-state index in [4.69, 9.17) is 23.7 Å². The third-order valence-corrected chi connectivity index (χ3v) is 6.13. The topological polar surface area (TPSA) is 66.4 Å². The first-order valence-corrected chi connectivity index (χ1v) is 11.5. The zero-order valence-electron chi connectivity index (χ0n) is 18.8. The van der Waals surface area contributed by atoms with Gasteiger partial charge in [0.25, 0.3) is 0 Å². The molecule has 6 heteroatoms. The van der Waals surface area contributed by atoms with Gasteiger partial charge in [-0.05, 0) is 31.4 Å². The Labute approximate surface area is 190 Å². The van der Waals surface area contributed by atoms with Crippen LogP contribution < -0.4 is 0 Å². The number of aliphatic hydroxyl groups is 1. The van der Waals surface area contributed by atoms with Crippen molar-refractivity contribution < 1.29 is 28.8 Å². The molecule has 174 valence electrons. The minimum absolute atomic E-state index is 0.118. The van der Waals surface area contributed by atoms with Crippen LogP contribution in [0.1, 0.15) is 44.2 Å². The van der Waals surface area contributed by atoms with Crippen LogP contribution in [0, 0.1) is 0 Å². The van der Waals surface area contributed by atoms with Gasteiger partial charge in [-0.3, -0.25) is 0 Å². The van der Waals surface area contributed by atoms with Gasteiger partial charge in [-0.15, -0.1) is 0 Å². The van der Waals surface area contributed by atoms with E-state index >= 15 is 0 Å². The Balaban J connectivity index is 1.40. The van der Waals surface area contributed by atoms with Crippen LogP contribution in [0.3, 0.4) is 0 Å². The van der Waals surface area contributed by atoms with Crippen molar-refractivity contribution in [3.8, 4) is 0 Å². The maximum atomic E-state index is 9.71. The summed E-state index contributed by atoms with van der Waals surface area (Å²) in [6.45, 7) is 4.94. The van der Waals surface area contributed by atoms with E-state index in [1.54, 1.807) is 0 Å². The summed E-state index contributed by atoms with van der Waals surface area (Å²) >= 11 is 0. The molecule has 2 aromatic rings. The zero-order chi connectivity index (χ0) is 22.3. The minimum atomic E-state index is -0.714. The largest absolute Gasteiger partial charge is 0.371 e. The van der Waals surface area contributed by atoms with Gasteiger partial charge in [-0.2, -0.15) is 0 Å². The molecule has 0 bridgehead atoms. The summed E-state index contributed by atoms with van der Waals surface area (Å²) in [6.07, 6.45) is -0.124. The molecule has 2 aliphatic heterocycles. The first kappa shape index (κ1) is 23.4. The van der Waals surface area contributed by atoms with E-state index in [1.165, 1.54) is 0 Å². The van der Waals surface area contributed by atoms with Gasteiger partial charge in [0.2, 0.25) is 0 Å². The Hall–Kier alpha value is -1.80. The van der Waals surface area contributed by atoms with Crippen LogP contribution in [-0.2, 0) is 36.9 Å². The molecule has 2 aromatic carbocycles. The lowest BCUT2D eigenvalue weighted by Crippen LogP contribution is -2.52. The van der Waals surface area contributed by atoms with Gasteiger partial charge < -0.3 is 28.8 Å². The molecule has 2 saturated heterocycles. The van der Waals surface area contributed by atoms with Crippen molar-refractivity contribution in [3.05, 3.63) is 71.8 Å². The average molecular weight is 443 g/mol. The molecule has 0 amide bonds. The summed E-state index contributed by atoms with van der Waals surface area (Å²) in [5.41, 5.74) is 2.24. The predicted molar refractivity (Wildman–Crippen MR) is 120 cm³/mol. The SMILES string of the molecule is C[C@@H]1O[C@H](O[C@@H]2CCC(O)O[C@H]2C)C[C@H](OCc2ccccc2)[C@H]1OCc1ccccc1. The summed E-state index contributed by atoms with van der Waals surface area (Å²) in [7, 11) is 0. The Kier molecular flexibility index (Phi) is 8.30. The molecule has 0 aliphatic carbocycles. The van der Waals surface area contributed by atoms with Crippen molar-refractivity contribution in [2.75, 3.05) is 0 Å². The number of ether oxygens (including phenoxy) is 5. The van der Waals surface area contributed by atoms with Crippen LogP contribution in [0.5, 0.6) is 0 Å². The van der Waals surface area contributed by atoms with Crippen LogP contribution in [-0.4, -0.2) is 48.2 Å². The second kappa shape index (κ2) is 11.4. The maximum absolute atomic E-state index is 9.71. The first-order chi connectivity index (χ1) is 15.6. The summed E-state index contributed by atoms with van der Waals surface area (Å²) < 4.78 is 30.6. The molecule has 2 fully saturated rings. The number of benzene rings is 2. The lowest BCUT2D eigenvalue weighted by atomic mass is 10.0. The Morgan fingerprint density at radius 3 is 2.03 bits per heavy atom. The normalized spacial score (nSPS) is 33.2. The third kappa shape index (κ3) is 6.38. The average Bonchev–Trinajstić information content (AvgIpc) is 2.80. The number of hydrogen-bond acceptors (Lipinski definition) is 6. The lowest BCUT2D eigenvalue weighted by molar-refractivity contribution is -0.299. The van der Waals surface area contributed by atoms with E-state index in [9.17, 15) is 5.11 Å². The zero-order valence-corrected chi connectivity index (χ0v) is 18.8. The highest BCUT2D eigenvalue weighted by molar-refractivity contribution is 5.14. The molecule has 2 heterocycles. The van der Waals surface area contributed by atoms with Crippen molar-refractivity contribution in [1.29, 1.82) is 0 Å². The second-order valence-corrected chi connectivity index (χ2v) is 8.65. The van der Waals surface area contributed by atoms with Gasteiger partial charge in [0, 0.05) is 12.8 Å². The fourth-order valence-corrected chi connectivity index (χ4v) is 4.35. The summed E-state index contributed by atoms with van der Waals surface area (Å²) in [5, 5.41) is 9.71. The fraction of sp³-hybridized carbons (Fsp3) is 0.538. The molecule has 7 atom stereocenters. The van der Waals surface area contributed by atoms with E-state index in [0.717, 1.165) is 17.5 Å². The van der Waals surface area contributed by atoms with Crippen LogP contribution in [0.4, 0.5) is 0 Å². The van der Waals surface area contributed by atoms with E-state index in [1.807, 2.05) is 50.2 Å². The molecular weight excluding hydrogens is 408 g/mol. The molecule has 32 heavy (non-hydrogen) atoms. The first-order valence-electron chi connectivity index (χ1n) is 11.5. The summed E-state index contributed by atoms with van der Waals surface area (Å²) in [6, 6.07) is 20.3. The monoisotopic (exact) mass is 442 g/mol. The van der Waals surface area contributed by atoms with Crippen LogP contribution in [0.25, 0.3) is 0 Å². The predicted octanol–water partition coefficient (Wildman–Crippen LogP) is 4.19. The van der Waals surface area contributed by atoms with E-state index in [-0.39, 0.29) is 30.5 Å². The molecule has 0 saturated carbocycles. The van der Waals surface area contributed by atoms with Crippen LogP contribution in [0.15, 0.2) is 60.7 Å². The fourth-order valence-electron chi connectivity index (χ4n) is 4.35. The molecule has 0 radical (unpaired) electrons. The Bertz CT molecular complexity index is 800. The smallest absolute Gasteiger partial charge is 0.161 e. The maximum Gasteiger partial charge on any atom is 0.161 e. The van der Waals surface area contributed by atoms with Crippen molar-refractivity contribution in [1.82, 2.24) is 0 Å². The molecule has 1 unspecified atom stereocenters. The molecule has 6 nitrogen and oxygen atoms in total. The minimum Gasteiger partial charge on any atom is -0.371 e. The molecule has 2 aliphatic rings. The van der Waals surface area contributed by atoms with Gasteiger partial charge in [-0.1, -0.05) is 60.7 Å². The van der Waals surface area contributed by atoms with Crippen LogP contribution in [0.2, 0.25) is 0 Å². The molecule has 0 spiro atoms. The molecule has 0 aromatic heterocycles. The van der Waals surface area contributed by atoms with E-state index in [0.29, 0.717) is 26.1 Å². The number of aliphatic hydroxyl groups excluding tert-OH is 1.